The summed E-state index contributed by atoms with van der Waals surface area (Å²) in [6, 6.07) is 1.67. The van der Waals surface area contributed by atoms with Crippen LogP contribution in [0.4, 0.5) is 0 Å². The van der Waals surface area contributed by atoms with Crippen molar-refractivity contribution in [1.82, 2.24) is 15.1 Å². The summed E-state index contributed by atoms with van der Waals surface area (Å²) in [7, 11) is 0. The summed E-state index contributed by atoms with van der Waals surface area (Å²) >= 11 is 0. The number of fused-ring (bicyclic) bond motifs is 1. The maximum Gasteiger partial charge on any atom is 0.271 e. The molecule has 0 radical (unpaired) electrons. The smallest absolute Gasteiger partial charge is 0.271 e. The average molecular weight is 239 g/mol. The van der Waals surface area contributed by atoms with E-state index >= 15 is 0 Å². The molecule has 1 aromatic rings. The minimum absolute atomic E-state index is 0.160. The summed E-state index contributed by atoms with van der Waals surface area (Å²) in [5.41, 5.74) is 0.413. The molecule has 2 rings (SSSR count). The highest BCUT2D eigenvalue weighted by Gasteiger charge is 2.18. The second kappa shape index (κ2) is 5.67. The number of carbonyl (C=O) groups is 1. The lowest BCUT2D eigenvalue weighted by Crippen LogP contribution is -2.26. The van der Waals surface area contributed by atoms with Crippen molar-refractivity contribution in [2.24, 2.45) is 0 Å². The molecule has 6 heteroatoms. The van der Waals surface area contributed by atoms with E-state index in [2.05, 4.69) is 10.4 Å². The van der Waals surface area contributed by atoms with Gasteiger partial charge in [0.2, 0.25) is 5.88 Å². The van der Waals surface area contributed by atoms with Crippen LogP contribution in [0.3, 0.4) is 0 Å². The van der Waals surface area contributed by atoms with Gasteiger partial charge in [0.15, 0.2) is 5.69 Å². The molecule has 1 aliphatic heterocycles. The Bertz CT molecular complexity index is 368. The summed E-state index contributed by atoms with van der Waals surface area (Å²) in [6.07, 6.45) is 0.809. The molecule has 0 aromatic carbocycles. The zero-order chi connectivity index (χ0) is 12.1. The van der Waals surface area contributed by atoms with Crippen molar-refractivity contribution in [2.45, 2.75) is 19.9 Å². The number of nitrogens with one attached hydrogen (secondary N) is 1. The third kappa shape index (κ3) is 2.97. The Morgan fingerprint density at radius 1 is 1.71 bits per heavy atom. The molecule has 0 fully saturated rings. The third-order valence-electron chi connectivity index (χ3n) is 2.48. The van der Waals surface area contributed by atoms with Crippen LogP contribution < -0.4 is 10.1 Å². The van der Waals surface area contributed by atoms with E-state index in [-0.39, 0.29) is 5.91 Å². The summed E-state index contributed by atoms with van der Waals surface area (Å²) in [4.78, 5) is 11.7. The Kier molecular flexibility index (Phi) is 3.98. The topological polar surface area (TPSA) is 65.4 Å². The molecule has 17 heavy (non-hydrogen) atoms. The van der Waals surface area contributed by atoms with Crippen LogP contribution in [-0.4, -0.2) is 42.1 Å². The molecule has 94 valence electrons. The molecule has 2 heterocycles. The van der Waals surface area contributed by atoms with Crippen LogP contribution in [-0.2, 0) is 11.3 Å². The van der Waals surface area contributed by atoms with Gasteiger partial charge in [0.1, 0.15) is 6.61 Å². The maximum atomic E-state index is 11.7. The average Bonchev–Trinajstić information content (AvgIpc) is 2.88. The monoisotopic (exact) mass is 239 g/mol. The van der Waals surface area contributed by atoms with Crippen LogP contribution in [0, 0.1) is 0 Å². The normalized spacial score (nSPS) is 13.2. The summed E-state index contributed by atoms with van der Waals surface area (Å²) in [5, 5.41) is 6.95. The molecule has 0 atom stereocenters. The molecule has 1 aliphatic rings. The first-order valence-electron chi connectivity index (χ1n) is 5.88. The second-order valence-corrected chi connectivity index (χ2v) is 3.75. The molecule has 6 nitrogen and oxygen atoms in total. The standard InChI is InChI=1S/C11H17N3O3/c1-2-16-6-3-4-12-11(15)9-8-10-14(13-9)5-7-17-10/h8H,2-7H2,1H3,(H,12,15). The highest BCUT2D eigenvalue weighted by atomic mass is 16.5. The van der Waals surface area contributed by atoms with Crippen molar-refractivity contribution in [1.29, 1.82) is 0 Å². The van der Waals surface area contributed by atoms with Gasteiger partial charge in [-0.25, -0.2) is 4.68 Å². The van der Waals surface area contributed by atoms with Gasteiger partial charge in [-0.15, -0.1) is 0 Å². The van der Waals surface area contributed by atoms with E-state index in [1.54, 1.807) is 10.7 Å². The van der Waals surface area contributed by atoms with Gasteiger partial charge >= 0.3 is 0 Å². The quantitative estimate of drug-likeness (QED) is 0.731. The summed E-state index contributed by atoms with van der Waals surface area (Å²) in [5.74, 6) is 0.511. The fourth-order valence-corrected chi connectivity index (χ4v) is 1.63. The minimum atomic E-state index is -0.160. The lowest BCUT2D eigenvalue weighted by Gasteiger charge is -2.03. The number of aromatic nitrogens is 2. The number of ether oxygens (including phenoxy) is 2. The van der Waals surface area contributed by atoms with Gasteiger partial charge in [-0.3, -0.25) is 4.79 Å². The van der Waals surface area contributed by atoms with E-state index in [0.717, 1.165) is 6.42 Å². The van der Waals surface area contributed by atoms with Crippen LogP contribution in [0.25, 0.3) is 0 Å². The van der Waals surface area contributed by atoms with Gasteiger partial charge in [-0.2, -0.15) is 5.10 Å². The Labute approximate surface area is 99.9 Å². The lowest BCUT2D eigenvalue weighted by molar-refractivity contribution is 0.0938. The largest absolute Gasteiger partial charge is 0.476 e. The van der Waals surface area contributed by atoms with Gasteiger partial charge in [-0.05, 0) is 13.3 Å². The Morgan fingerprint density at radius 2 is 2.59 bits per heavy atom. The predicted molar refractivity (Wildman–Crippen MR) is 61.2 cm³/mol. The Morgan fingerprint density at radius 3 is 3.35 bits per heavy atom. The number of nitrogens with zero attached hydrogens (tertiary/aromatic N) is 2. The summed E-state index contributed by atoms with van der Waals surface area (Å²) < 4.78 is 12.2. The van der Waals surface area contributed by atoms with Gasteiger partial charge in [0.25, 0.3) is 5.91 Å². The fourth-order valence-electron chi connectivity index (χ4n) is 1.63. The van der Waals surface area contributed by atoms with Crippen molar-refractivity contribution >= 4 is 5.91 Å². The predicted octanol–water partition coefficient (Wildman–Crippen LogP) is 0.432. The van der Waals surface area contributed by atoms with Gasteiger partial charge in [0, 0.05) is 25.8 Å². The van der Waals surface area contributed by atoms with Crippen LogP contribution in [0.1, 0.15) is 23.8 Å². The molecule has 1 N–H and O–H groups in total. The van der Waals surface area contributed by atoms with Crippen LogP contribution >= 0.6 is 0 Å². The van der Waals surface area contributed by atoms with Gasteiger partial charge in [-0.1, -0.05) is 0 Å². The summed E-state index contributed by atoms with van der Waals surface area (Å²) in [6.45, 7) is 5.28. The zero-order valence-electron chi connectivity index (χ0n) is 9.94. The van der Waals surface area contributed by atoms with Crippen LogP contribution in [0.2, 0.25) is 0 Å². The highest BCUT2D eigenvalue weighted by molar-refractivity contribution is 5.92. The molecule has 0 aliphatic carbocycles. The molecular formula is C11H17N3O3. The first-order chi connectivity index (χ1) is 8.31. The van der Waals surface area contributed by atoms with Crippen molar-refractivity contribution in [3.05, 3.63) is 11.8 Å². The number of amides is 1. The van der Waals surface area contributed by atoms with Crippen molar-refractivity contribution in [2.75, 3.05) is 26.4 Å². The number of rotatable bonds is 6. The molecular weight excluding hydrogens is 222 g/mol. The van der Waals surface area contributed by atoms with E-state index in [9.17, 15) is 4.79 Å². The third-order valence-corrected chi connectivity index (χ3v) is 2.48. The molecule has 0 saturated heterocycles. The van der Waals surface area contributed by atoms with E-state index in [1.807, 2.05) is 6.92 Å². The highest BCUT2D eigenvalue weighted by Crippen LogP contribution is 2.17. The first kappa shape index (κ1) is 11.9. The molecule has 0 bridgehead atoms. The van der Waals surface area contributed by atoms with Gasteiger partial charge in [0.05, 0.1) is 6.54 Å². The Balaban J connectivity index is 1.75. The van der Waals surface area contributed by atoms with E-state index in [0.29, 0.717) is 44.5 Å². The van der Waals surface area contributed by atoms with Crippen molar-refractivity contribution in [3.8, 4) is 5.88 Å². The molecule has 1 amide bonds. The molecule has 0 spiro atoms. The number of hydrogen-bond donors (Lipinski definition) is 1. The lowest BCUT2D eigenvalue weighted by atomic mass is 10.4. The van der Waals surface area contributed by atoms with Crippen molar-refractivity contribution in [3.63, 3.8) is 0 Å². The SMILES string of the molecule is CCOCCCNC(=O)c1cc2n(n1)CCO2. The zero-order valence-corrected chi connectivity index (χ0v) is 9.94. The van der Waals surface area contributed by atoms with Gasteiger partial charge < -0.3 is 14.8 Å². The fraction of sp³-hybridized carbons (Fsp3) is 0.636. The second-order valence-electron chi connectivity index (χ2n) is 3.75. The van der Waals surface area contributed by atoms with Crippen molar-refractivity contribution < 1.29 is 14.3 Å². The Hall–Kier alpha value is -1.56. The number of carbonyl (C=O) groups excluding carboxylic acids is 1. The van der Waals surface area contributed by atoms with Crippen LogP contribution in [0.15, 0.2) is 6.07 Å². The molecule has 1 aromatic heterocycles. The number of hydrogen-bond acceptors (Lipinski definition) is 4. The van der Waals surface area contributed by atoms with E-state index in [1.165, 1.54) is 0 Å². The van der Waals surface area contributed by atoms with E-state index < -0.39 is 0 Å². The molecule has 0 unspecified atom stereocenters. The van der Waals surface area contributed by atoms with Crippen LogP contribution in [0.5, 0.6) is 5.88 Å². The van der Waals surface area contributed by atoms with E-state index in [4.69, 9.17) is 9.47 Å². The molecule has 0 saturated carbocycles. The first-order valence-corrected chi connectivity index (χ1v) is 5.88. The minimum Gasteiger partial charge on any atom is -0.476 e. The maximum absolute atomic E-state index is 11.7.